The van der Waals surface area contributed by atoms with E-state index in [1.54, 1.807) is 0 Å². The molecule has 0 aromatic heterocycles. The molecule has 1 aromatic carbocycles. The van der Waals surface area contributed by atoms with Gasteiger partial charge in [0, 0.05) is 12.0 Å². The molecule has 0 bridgehead atoms. The molecule has 116 valence electrons. The third-order valence-electron chi connectivity index (χ3n) is 4.31. The predicted molar refractivity (Wildman–Crippen MR) is 87.4 cm³/mol. The van der Waals surface area contributed by atoms with E-state index in [9.17, 15) is 4.79 Å². The summed E-state index contributed by atoms with van der Waals surface area (Å²) in [7, 11) is 0. The molecule has 1 fully saturated rings. The van der Waals surface area contributed by atoms with Gasteiger partial charge in [0.15, 0.2) is 0 Å². The average molecular weight is 288 g/mol. The van der Waals surface area contributed by atoms with Crippen LogP contribution < -0.4 is 5.32 Å². The maximum Gasteiger partial charge on any atom is 0.234 e. The molecule has 3 nitrogen and oxygen atoms in total. The van der Waals surface area contributed by atoms with E-state index in [1.807, 2.05) is 6.07 Å². The Kier molecular flexibility index (Phi) is 5.80. The minimum absolute atomic E-state index is 0.166. The van der Waals surface area contributed by atoms with Crippen LogP contribution in [0.2, 0.25) is 0 Å². The number of carbonyl (C=O) groups excluding carboxylic acids is 1. The lowest BCUT2D eigenvalue weighted by atomic mass is 9.96. The second kappa shape index (κ2) is 7.60. The molecular weight excluding hydrogens is 260 g/mol. The molecule has 0 atom stereocenters. The summed E-state index contributed by atoms with van der Waals surface area (Å²) < 4.78 is 0. The monoisotopic (exact) mass is 288 g/mol. The second-order valence-corrected chi connectivity index (χ2v) is 6.20. The SMILES string of the molecule is CCCN(CCC)CC(=O)NCC1(c2ccccc2)CC1. The van der Waals surface area contributed by atoms with Crippen LogP contribution in [0.15, 0.2) is 30.3 Å². The van der Waals surface area contributed by atoms with Crippen LogP contribution in [0.5, 0.6) is 0 Å². The first-order valence-electron chi connectivity index (χ1n) is 8.25. The zero-order valence-electron chi connectivity index (χ0n) is 13.4. The number of nitrogens with one attached hydrogen (secondary N) is 1. The molecule has 0 radical (unpaired) electrons. The zero-order chi connectivity index (χ0) is 15.1. The Balaban J connectivity index is 1.81. The number of carbonyl (C=O) groups is 1. The van der Waals surface area contributed by atoms with Crippen LogP contribution in [-0.2, 0) is 10.2 Å². The predicted octanol–water partition coefficient (Wildman–Crippen LogP) is 2.96. The zero-order valence-corrected chi connectivity index (χ0v) is 13.4. The summed E-state index contributed by atoms with van der Waals surface area (Å²) in [5.41, 5.74) is 1.57. The Morgan fingerprint density at radius 1 is 1.14 bits per heavy atom. The maximum atomic E-state index is 12.2. The molecule has 1 saturated carbocycles. The van der Waals surface area contributed by atoms with Gasteiger partial charge in [-0.2, -0.15) is 0 Å². The van der Waals surface area contributed by atoms with Crippen molar-refractivity contribution in [1.82, 2.24) is 10.2 Å². The van der Waals surface area contributed by atoms with Crippen molar-refractivity contribution in [3.63, 3.8) is 0 Å². The van der Waals surface area contributed by atoms with Crippen LogP contribution in [0.4, 0.5) is 0 Å². The van der Waals surface area contributed by atoms with Crippen LogP contribution in [0.3, 0.4) is 0 Å². The molecule has 1 aliphatic rings. The first kappa shape index (κ1) is 16.0. The van der Waals surface area contributed by atoms with Crippen molar-refractivity contribution in [2.45, 2.75) is 44.9 Å². The van der Waals surface area contributed by atoms with Gasteiger partial charge in [-0.3, -0.25) is 9.69 Å². The molecule has 0 heterocycles. The number of benzene rings is 1. The lowest BCUT2D eigenvalue weighted by Gasteiger charge is -2.22. The van der Waals surface area contributed by atoms with Crippen molar-refractivity contribution in [2.75, 3.05) is 26.2 Å². The highest BCUT2D eigenvalue weighted by Gasteiger charge is 2.44. The Bertz CT molecular complexity index is 434. The van der Waals surface area contributed by atoms with Gasteiger partial charge in [-0.05, 0) is 44.3 Å². The summed E-state index contributed by atoms with van der Waals surface area (Å²) in [4.78, 5) is 14.4. The lowest BCUT2D eigenvalue weighted by Crippen LogP contribution is -2.40. The number of hydrogen-bond donors (Lipinski definition) is 1. The Labute approximate surface area is 128 Å². The lowest BCUT2D eigenvalue weighted by molar-refractivity contribution is -0.122. The van der Waals surface area contributed by atoms with Gasteiger partial charge in [0.05, 0.1) is 6.54 Å². The fourth-order valence-electron chi connectivity index (χ4n) is 2.94. The first-order valence-corrected chi connectivity index (χ1v) is 8.25. The molecule has 21 heavy (non-hydrogen) atoms. The van der Waals surface area contributed by atoms with Gasteiger partial charge in [0.2, 0.25) is 5.91 Å². The van der Waals surface area contributed by atoms with Crippen LogP contribution in [0, 0.1) is 0 Å². The number of nitrogens with zero attached hydrogens (tertiary/aromatic N) is 1. The maximum absolute atomic E-state index is 12.2. The van der Waals surface area contributed by atoms with E-state index in [4.69, 9.17) is 0 Å². The molecule has 0 aliphatic heterocycles. The first-order chi connectivity index (χ1) is 10.2. The Morgan fingerprint density at radius 2 is 1.76 bits per heavy atom. The van der Waals surface area contributed by atoms with Gasteiger partial charge >= 0.3 is 0 Å². The van der Waals surface area contributed by atoms with E-state index in [-0.39, 0.29) is 11.3 Å². The number of hydrogen-bond acceptors (Lipinski definition) is 2. The van der Waals surface area contributed by atoms with Crippen molar-refractivity contribution in [2.24, 2.45) is 0 Å². The van der Waals surface area contributed by atoms with Gasteiger partial charge in [-0.1, -0.05) is 44.2 Å². The van der Waals surface area contributed by atoms with Crippen molar-refractivity contribution in [1.29, 1.82) is 0 Å². The van der Waals surface area contributed by atoms with Gasteiger partial charge in [-0.25, -0.2) is 0 Å². The molecule has 1 amide bonds. The molecule has 0 saturated heterocycles. The minimum atomic E-state index is 0.166. The third kappa shape index (κ3) is 4.57. The van der Waals surface area contributed by atoms with E-state index in [1.165, 1.54) is 18.4 Å². The quantitative estimate of drug-likeness (QED) is 0.757. The van der Waals surface area contributed by atoms with E-state index >= 15 is 0 Å². The van der Waals surface area contributed by atoms with Crippen molar-refractivity contribution >= 4 is 5.91 Å². The minimum Gasteiger partial charge on any atom is -0.354 e. The summed E-state index contributed by atoms with van der Waals surface area (Å²) in [5.74, 6) is 0.166. The average Bonchev–Trinajstić information content (AvgIpc) is 3.28. The smallest absolute Gasteiger partial charge is 0.234 e. The summed E-state index contributed by atoms with van der Waals surface area (Å²) in [6.07, 6.45) is 4.57. The van der Waals surface area contributed by atoms with Crippen LogP contribution in [-0.4, -0.2) is 37.0 Å². The molecule has 0 spiro atoms. The standard InChI is InChI=1S/C18H28N2O/c1-3-12-20(13-4-2)14-17(21)19-15-18(10-11-18)16-8-6-5-7-9-16/h5-9H,3-4,10-15H2,1-2H3,(H,19,21). The molecule has 1 aliphatic carbocycles. The topological polar surface area (TPSA) is 32.3 Å². The molecular formula is C18H28N2O. The number of rotatable bonds is 9. The van der Waals surface area contributed by atoms with Crippen LogP contribution >= 0.6 is 0 Å². The fraction of sp³-hybridized carbons (Fsp3) is 0.611. The highest BCUT2D eigenvalue weighted by atomic mass is 16.2. The molecule has 3 heteroatoms. The Morgan fingerprint density at radius 3 is 2.29 bits per heavy atom. The molecule has 2 rings (SSSR count). The fourth-order valence-corrected chi connectivity index (χ4v) is 2.94. The third-order valence-corrected chi connectivity index (χ3v) is 4.31. The second-order valence-electron chi connectivity index (χ2n) is 6.20. The van der Waals surface area contributed by atoms with Gasteiger partial charge < -0.3 is 5.32 Å². The van der Waals surface area contributed by atoms with Crippen LogP contribution in [0.1, 0.15) is 45.1 Å². The van der Waals surface area contributed by atoms with Gasteiger partial charge in [-0.15, -0.1) is 0 Å². The molecule has 0 unspecified atom stereocenters. The van der Waals surface area contributed by atoms with E-state index in [0.29, 0.717) is 6.54 Å². The summed E-state index contributed by atoms with van der Waals surface area (Å²) in [5, 5.41) is 3.15. The van der Waals surface area contributed by atoms with Crippen molar-refractivity contribution in [3.8, 4) is 0 Å². The number of amides is 1. The Hall–Kier alpha value is -1.35. The summed E-state index contributed by atoms with van der Waals surface area (Å²) >= 11 is 0. The van der Waals surface area contributed by atoms with Crippen LogP contribution in [0.25, 0.3) is 0 Å². The molecule has 1 N–H and O–H groups in total. The summed E-state index contributed by atoms with van der Waals surface area (Å²) in [6.45, 7) is 7.65. The van der Waals surface area contributed by atoms with Crippen molar-refractivity contribution in [3.05, 3.63) is 35.9 Å². The van der Waals surface area contributed by atoms with E-state index < -0.39 is 0 Å². The van der Waals surface area contributed by atoms with E-state index in [2.05, 4.69) is 48.3 Å². The highest BCUT2D eigenvalue weighted by Crippen LogP contribution is 2.47. The largest absolute Gasteiger partial charge is 0.354 e. The van der Waals surface area contributed by atoms with E-state index in [0.717, 1.165) is 32.5 Å². The normalized spacial score (nSPS) is 16.0. The van der Waals surface area contributed by atoms with Crippen molar-refractivity contribution < 1.29 is 4.79 Å². The van der Waals surface area contributed by atoms with Gasteiger partial charge in [0.1, 0.15) is 0 Å². The molecule has 1 aromatic rings. The highest BCUT2D eigenvalue weighted by molar-refractivity contribution is 5.78. The van der Waals surface area contributed by atoms with Gasteiger partial charge in [0.25, 0.3) is 0 Å². The summed E-state index contributed by atoms with van der Waals surface area (Å²) in [6, 6.07) is 10.6.